The summed E-state index contributed by atoms with van der Waals surface area (Å²) in [5.41, 5.74) is 0.873. The molecule has 0 amide bonds. The van der Waals surface area contributed by atoms with Crippen LogP contribution in [0.2, 0.25) is 0 Å². The third-order valence-electron chi connectivity index (χ3n) is 4.35. The molecule has 3 heterocycles. The van der Waals surface area contributed by atoms with Crippen molar-refractivity contribution >= 4 is 15.8 Å². The van der Waals surface area contributed by atoms with E-state index in [1.54, 1.807) is 4.68 Å². The van der Waals surface area contributed by atoms with Crippen LogP contribution in [0.4, 0.5) is 5.95 Å². The van der Waals surface area contributed by atoms with Crippen molar-refractivity contribution in [2.75, 3.05) is 23.7 Å². The number of fused-ring (bicyclic) bond motifs is 1. The van der Waals surface area contributed by atoms with Crippen molar-refractivity contribution < 1.29 is 8.42 Å². The highest BCUT2D eigenvalue weighted by Crippen LogP contribution is 2.35. The maximum absolute atomic E-state index is 12.0. The molecule has 0 N–H and O–H groups in total. The summed E-state index contributed by atoms with van der Waals surface area (Å²) in [4.78, 5) is 1.99. The minimum atomic E-state index is -2.94. The van der Waals surface area contributed by atoms with Crippen molar-refractivity contribution in [3.8, 4) is 5.69 Å². The lowest BCUT2D eigenvalue weighted by Crippen LogP contribution is -2.28. The number of nitrogens with zero attached hydrogens (tertiary/aromatic N) is 5. The minimum Gasteiger partial charge on any atom is -0.338 e. The molecular weight excluding hydrogens is 290 g/mol. The fourth-order valence-corrected chi connectivity index (χ4v) is 5.42. The summed E-state index contributed by atoms with van der Waals surface area (Å²) in [5, 5.41) is 11.6. The van der Waals surface area contributed by atoms with Crippen LogP contribution in [-0.2, 0) is 9.84 Å². The smallest absolute Gasteiger partial charge is 0.250 e. The second-order valence-electron chi connectivity index (χ2n) is 5.59. The Morgan fingerprint density at radius 2 is 1.95 bits per heavy atom. The van der Waals surface area contributed by atoms with Crippen molar-refractivity contribution in [3.05, 3.63) is 30.3 Å². The lowest BCUT2D eigenvalue weighted by Gasteiger charge is -2.17. The van der Waals surface area contributed by atoms with E-state index >= 15 is 0 Å². The van der Waals surface area contributed by atoms with Crippen LogP contribution in [0.25, 0.3) is 5.69 Å². The molecule has 2 aliphatic heterocycles. The molecule has 2 saturated heterocycles. The predicted octanol–water partition coefficient (Wildman–Crippen LogP) is 0.286. The van der Waals surface area contributed by atoms with E-state index in [1.165, 1.54) is 0 Å². The molecule has 2 atom stereocenters. The molecule has 1 aromatic carbocycles. The fraction of sp³-hybridized carbons (Fsp3) is 0.462. The molecule has 0 unspecified atom stereocenters. The maximum Gasteiger partial charge on any atom is 0.250 e. The molecule has 110 valence electrons. The van der Waals surface area contributed by atoms with E-state index in [2.05, 4.69) is 15.5 Å². The van der Waals surface area contributed by atoms with Gasteiger partial charge in [-0.15, -0.1) is 0 Å². The van der Waals surface area contributed by atoms with Gasteiger partial charge in [0.2, 0.25) is 5.95 Å². The average molecular weight is 305 g/mol. The highest BCUT2D eigenvalue weighted by Gasteiger charge is 2.47. The number of benzene rings is 1. The predicted molar refractivity (Wildman–Crippen MR) is 77.0 cm³/mol. The van der Waals surface area contributed by atoms with Gasteiger partial charge in [-0.05, 0) is 34.9 Å². The van der Waals surface area contributed by atoms with Crippen LogP contribution in [0.3, 0.4) is 0 Å². The number of tetrazole rings is 1. The van der Waals surface area contributed by atoms with Crippen LogP contribution in [0.5, 0.6) is 0 Å². The van der Waals surface area contributed by atoms with E-state index in [-0.39, 0.29) is 11.2 Å². The number of para-hydroxylation sites is 1. The van der Waals surface area contributed by atoms with Crippen molar-refractivity contribution in [2.45, 2.75) is 11.7 Å². The van der Waals surface area contributed by atoms with Crippen LogP contribution in [0.1, 0.15) is 6.42 Å². The number of sulfone groups is 1. The molecule has 0 radical (unpaired) electrons. The molecule has 2 aliphatic rings. The van der Waals surface area contributed by atoms with E-state index < -0.39 is 9.84 Å². The molecular formula is C13H15N5O2S. The van der Waals surface area contributed by atoms with Crippen molar-refractivity contribution in [1.29, 1.82) is 0 Å². The zero-order chi connectivity index (χ0) is 14.4. The molecule has 21 heavy (non-hydrogen) atoms. The monoisotopic (exact) mass is 305 g/mol. The summed E-state index contributed by atoms with van der Waals surface area (Å²) in [7, 11) is -2.94. The Kier molecular flexibility index (Phi) is 2.75. The molecule has 2 fully saturated rings. The maximum atomic E-state index is 12.0. The van der Waals surface area contributed by atoms with E-state index in [4.69, 9.17) is 0 Å². The normalized spacial score (nSPS) is 27.0. The first-order chi connectivity index (χ1) is 10.1. The first-order valence-electron chi connectivity index (χ1n) is 6.95. The highest BCUT2D eigenvalue weighted by molar-refractivity contribution is 7.92. The van der Waals surface area contributed by atoms with Crippen LogP contribution >= 0.6 is 0 Å². The van der Waals surface area contributed by atoms with Crippen molar-refractivity contribution in [1.82, 2.24) is 20.2 Å². The number of aromatic nitrogens is 4. The van der Waals surface area contributed by atoms with E-state index in [9.17, 15) is 8.42 Å². The number of anilines is 1. The summed E-state index contributed by atoms with van der Waals surface area (Å²) in [6, 6.07) is 9.62. The van der Waals surface area contributed by atoms with Gasteiger partial charge in [0, 0.05) is 13.1 Å². The van der Waals surface area contributed by atoms with Crippen LogP contribution in [0, 0.1) is 5.92 Å². The average Bonchev–Trinajstić information content (AvgIpc) is 3.17. The van der Waals surface area contributed by atoms with Crippen molar-refractivity contribution in [2.24, 2.45) is 5.92 Å². The summed E-state index contributed by atoms with van der Waals surface area (Å²) < 4.78 is 25.7. The zero-order valence-corrected chi connectivity index (χ0v) is 12.1. The van der Waals surface area contributed by atoms with E-state index in [0.717, 1.165) is 12.1 Å². The van der Waals surface area contributed by atoms with Crippen LogP contribution in [-0.4, -0.2) is 52.7 Å². The molecule has 0 saturated carbocycles. The molecule has 7 nitrogen and oxygen atoms in total. The van der Waals surface area contributed by atoms with Crippen LogP contribution < -0.4 is 4.90 Å². The van der Waals surface area contributed by atoms with E-state index in [1.807, 2.05) is 35.2 Å². The summed E-state index contributed by atoms with van der Waals surface area (Å²) in [6.45, 7) is 1.19. The second-order valence-corrected chi connectivity index (χ2v) is 7.92. The minimum absolute atomic E-state index is 0.205. The Hall–Kier alpha value is -1.96. The number of rotatable bonds is 2. The van der Waals surface area contributed by atoms with Gasteiger partial charge in [0.1, 0.15) is 0 Å². The molecule has 8 heteroatoms. The Bertz CT molecular complexity index is 758. The number of hydrogen-bond donors (Lipinski definition) is 0. The summed E-state index contributed by atoms with van der Waals surface area (Å²) >= 11 is 0. The van der Waals surface area contributed by atoms with Gasteiger partial charge in [-0.1, -0.05) is 23.3 Å². The van der Waals surface area contributed by atoms with Gasteiger partial charge in [-0.25, -0.2) is 8.42 Å². The fourth-order valence-electron chi connectivity index (χ4n) is 3.27. The summed E-state index contributed by atoms with van der Waals surface area (Å²) in [6.07, 6.45) is 0.746. The molecule has 0 spiro atoms. The topological polar surface area (TPSA) is 81.0 Å². The molecule has 4 rings (SSSR count). The SMILES string of the molecule is O=S1(=O)CC[C@H]2CN(c3nnnn3-c3ccccc3)C[C@H]21. The lowest BCUT2D eigenvalue weighted by molar-refractivity contribution is 0.577. The highest BCUT2D eigenvalue weighted by atomic mass is 32.2. The lowest BCUT2D eigenvalue weighted by atomic mass is 10.1. The Morgan fingerprint density at radius 3 is 2.71 bits per heavy atom. The van der Waals surface area contributed by atoms with Crippen molar-refractivity contribution in [3.63, 3.8) is 0 Å². The van der Waals surface area contributed by atoms with Gasteiger partial charge in [-0.3, -0.25) is 0 Å². The quantitative estimate of drug-likeness (QED) is 0.793. The standard InChI is InChI=1S/C13H15N5O2S/c19-21(20)7-6-10-8-17(9-12(10)21)13-14-15-16-18(13)11-4-2-1-3-5-11/h1-5,10,12H,6-9H2/t10-,12+/m0/s1. The van der Waals surface area contributed by atoms with Gasteiger partial charge >= 0.3 is 0 Å². The van der Waals surface area contributed by atoms with Gasteiger partial charge < -0.3 is 4.90 Å². The summed E-state index contributed by atoms with van der Waals surface area (Å²) in [5.74, 6) is 1.14. The Morgan fingerprint density at radius 1 is 1.14 bits per heavy atom. The van der Waals surface area contributed by atoms with Crippen LogP contribution in [0.15, 0.2) is 30.3 Å². The van der Waals surface area contributed by atoms with E-state index in [0.29, 0.717) is 24.8 Å². The van der Waals surface area contributed by atoms with Gasteiger partial charge in [-0.2, -0.15) is 4.68 Å². The number of hydrogen-bond acceptors (Lipinski definition) is 6. The third kappa shape index (κ3) is 2.01. The Labute approximate surface area is 122 Å². The van der Waals surface area contributed by atoms with Gasteiger partial charge in [0.25, 0.3) is 0 Å². The molecule has 0 bridgehead atoms. The first-order valence-corrected chi connectivity index (χ1v) is 8.67. The zero-order valence-electron chi connectivity index (χ0n) is 11.3. The second kappa shape index (κ2) is 4.52. The van der Waals surface area contributed by atoms with Gasteiger partial charge in [0.05, 0.1) is 16.7 Å². The third-order valence-corrected chi connectivity index (χ3v) is 6.61. The largest absolute Gasteiger partial charge is 0.338 e. The molecule has 1 aromatic heterocycles. The van der Waals surface area contributed by atoms with Gasteiger partial charge in [0.15, 0.2) is 9.84 Å². The first kappa shape index (κ1) is 12.8. The molecule has 2 aromatic rings. The Balaban J connectivity index is 1.67. The molecule has 0 aliphatic carbocycles.